The van der Waals surface area contributed by atoms with Gasteiger partial charge in [0.15, 0.2) is 5.58 Å². The molecule has 1 N–H and O–H groups in total. The SMILES string of the molecule is O=C(Cc1ccc(Cl)cc1)NCc1ccc(-c2nc3cnccc3o2)cc1. The third-order valence-corrected chi connectivity index (χ3v) is 4.41. The van der Waals surface area contributed by atoms with Crippen LogP contribution >= 0.6 is 11.6 Å². The summed E-state index contributed by atoms with van der Waals surface area (Å²) < 4.78 is 5.74. The number of halogens is 1. The summed E-state index contributed by atoms with van der Waals surface area (Å²) in [5, 5.41) is 3.59. The summed E-state index contributed by atoms with van der Waals surface area (Å²) in [6.45, 7) is 0.462. The predicted molar refractivity (Wildman–Crippen MR) is 104 cm³/mol. The van der Waals surface area contributed by atoms with Gasteiger partial charge in [-0.05, 0) is 35.4 Å². The molecule has 0 atom stereocenters. The van der Waals surface area contributed by atoms with E-state index < -0.39 is 0 Å². The van der Waals surface area contributed by atoms with Crippen molar-refractivity contribution in [2.24, 2.45) is 0 Å². The predicted octanol–water partition coefficient (Wildman–Crippen LogP) is 4.40. The van der Waals surface area contributed by atoms with Gasteiger partial charge in [0.25, 0.3) is 0 Å². The van der Waals surface area contributed by atoms with Gasteiger partial charge < -0.3 is 9.73 Å². The molecule has 4 rings (SSSR count). The Balaban J connectivity index is 1.37. The fourth-order valence-electron chi connectivity index (χ4n) is 2.72. The van der Waals surface area contributed by atoms with Crippen LogP contribution in [0.1, 0.15) is 11.1 Å². The van der Waals surface area contributed by atoms with Crippen molar-refractivity contribution >= 4 is 28.6 Å². The van der Waals surface area contributed by atoms with E-state index >= 15 is 0 Å². The molecular weight excluding hydrogens is 362 g/mol. The molecule has 0 saturated carbocycles. The lowest BCUT2D eigenvalue weighted by Crippen LogP contribution is -2.24. The maximum absolute atomic E-state index is 12.1. The molecule has 0 radical (unpaired) electrons. The number of nitrogens with one attached hydrogen (secondary N) is 1. The molecule has 0 saturated heterocycles. The highest BCUT2D eigenvalue weighted by Gasteiger charge is 2.08. The first-order chi connectivity index (χ1) is 13.2. The second kappa shape index (κ2) is 7.60. The third-order valence-electron chi connectivity index (χ3n) is 4.16. The number of rotatable bonds is 5. The molecule has 134 valence electrons. The first-order valence-corrected chi connectivity index (χ1v) is 8.86. The van der Waals surface area contributed by atoms with Crippen LogP contribution in [0.4, 0.5) is 0 Å². The van der Waals surface area contributed by atoms with Crippen LogP contribution in [0.15, 0.2) is 71.4 Å². The Morgan fingerprint density at radius 1 is 1.00 bits per heavy atom. The molecular formula is C21H16ClN3O2. The number of carbonyl (C=O) groups is 1. The van der Waals surface area contributed by atoms with Crippen molar-refractivity contribution in [2.45, 2.75) is 13.0 Å². The van der Waals surface area contributed by atoms with Crippen molar-refractivity contribution < 1.29 is 9.21 Å². The average molecular weight is 378 g/mol. The number of nitrogens with zero attached hydrogens (tertiary/aromatic N) is 2. The number of amides is 1. The molecule has 0 aliphatic carbocycles. The lowest BCUT2D eigenvalue weighted by atomic mass is 10.1. The molecule has 0 aliphatic rings. The number of pyridine rings is 1. The number of hydrogen-bond acceptors (Lipinski definition) is 4. The number of hydrogen-bond donors (Lipinski definition) is 1. The molecule has 5 nitrogen and oxygen atoms in total. The molecule has 2 aromatic heterocycles. The fraction of sp³-hybridized carbons (Fsp3) is 0.0952. The van der Waals surface area contributed by atoms with Crippen LogP contribution in [0.5, 0.6) is 0 Å². The fourth-order valence-corrected chi connectivity index (χ4v) is 2.85. The van der Waals surface area contributed by atoms with E-state index in [1.807, 2.05) is 36.4 Å². The molecule has 0 spiro atoms. The van der Waals surface area contributed by atoms with Gasteiger partial charge in [-0.1, -0.05) is 35.9 Å². The van der Waals surface area contributed by atoms with E-state index in [-0.39, 0.29) is 5.91 Å². The van der Waals surface area contributed by atoms with E-state index in [0.717, 1.165) is 22.2 Å². The zero-order chi connectivity index (χ0) is 18.6. The van der Waals surface area contributed by atoms with Gasteiger partial charge in [0.05, 0.1) is 12.6 Å². The zero-order valence-corrected chi connectivity index (χ0v) is 15.1. The van der Waals surface area contributed by atoms with Crippen LogP contribution in [-0.2, 0) is 17.8 Å². The average Bonchev–Trinajstić information content (AvgIpc) is 3.13. The van der Waals surface area contributed by atoms with Crippen molar-refractivity contribution in [3.05, 3.63) is 83.1 Å². The summed E-state index contributed by atoms with van der Waals surface area (Å²) in [5.74, 6) is 0.518. The lowest BCUT2D eigenvalue weighted by Gasteiger charge is -2.06. The molecule has 0 fully saturated rings. The molecule has 4 aromatic rings. The number of oxazole rings is 1. The van der Waals surface area contributed by atoms with Crippen molar-refractivity contribution in [1.82, 2.24) is 15.3 Å². The van der Waals surface area contributed by atoms with E-state index in [1.165, 1.54) is 0 Å². The van der Waals surface area contributed by atoms with Crippen LogP contribution in [-0.4, -0.2) is 15.9 Å². The van der Waals surface area contributed by atoms with Crippen LogP contribution in [0.25, 0.3) is 22.6 Å². The molecule has 0 unspecified atom stereocenters. The van der Waals surface area contributed by atoms with Crippen LogP contribution in [0.2, 0.25) is 5.02 Å². The van der Waals surface area contributed by atoms with Crippen LogP contribution in [0, 0.1) is 0 Å². The summed E-state index contributed by atoms with van der Waals surface area (Å²) in [6.07, 6.45) is 3.67. The van der Waals surface area contributed by atoms with E-state index in [1.54, 1.807) is 30.6 Å². The van der Waals surface area contributed by atoms with Gasteiger partial charge in [-0.2, -0.15) is 0 Å². The standard InChI is InChI=1S/C21H16ClN3O2/c22-17-7-3-14(4-8-17)11-20(26)24-12-15-1-5-16(6-2-15)21-25-18-13-23-10-9-19(18)27-21/h1-10,13H,11-12H2,(H,24,26). The maximum atomic E-state index is 12.1. The Bertz CT molecular complexity index is 1040. The number of carbonyl (C=O) groups excluding carboxylic acids is 1. The quantitative estimate of drug-likeness (QED) is 0.559. The summed E-state index contributed by atoms with van der Waals surface area (Å²) >= 11 is 5.85. The third kappa shape index (κ3) is 4.15. The summed E-state index contributed by atoms with van der Waals surface area (Å²) in [7, 11) is 0. The van der Waals surface area contributed by atoms with Gasteiger partial charge in [-0.15, -0.1) is 0 Å². The number of fused-ring (bicyclic) bond motifs is 1. The minimum atomic E-state index is -0.0344. The Kier molecular flexibility index (Phi) is 4.85. The lowest BCUT2D eigenvalue weighted by molar-refractivity contribution is -0.120. The Morgan fingerprint density at radius 2 is 1.74 bits per heavy atom. The first-order valence-electron chi connectivity index (χ1n) is 8.48. The largest absolute Gasteiger partial charge is 0.436 e. The molecule has 2 heterocycles. The molecule has 1 amide bonds. The van der Waals surface area contributed by atoms with E-state index in [0.29, 0.717) is 29.5 Å². The number of benzene rings is 2. The van der Waals surface area contributed by atoms with Gasteiger partial charge in [0.1, 0.15) is 5.52 Å². The molecule has 27 heavy (non-hydrogen) atoms. The van der Waals surface area contributed by atoms with Gasteiger partial charge in [0, 0.05) is 29.4 Å². The molecule has 0 aliphatic heterocycles. The molecule has 0 bridgehead atoms. The van der Waals surface area contributed by atoms with E-state index in [9.17, 15) is 4.79 Å². The normalized spacial score (nSPS) is 10.9. The summed E-state index contributed by atoms with van der Waals surface area (Å²) in [4.78, 5) is 20.6. The minimum absolute atomic E-state index is 0.0344. The van der Waals surface area contributed by atoms with Crippen molar-refractivity contribution in [3.8, 4) is 11.5 Å². The van der Waals surface area contributed by atoms with Gasteiger partial charge in [0.2, 0.25) is 11.8 Å². The first kappa shape index (κ1) is 17.2. The molecule has 6 heteroatoms. The highest BCUT2D eigenvalue weighted by atomic mass is 35.5. The smallest absolute Gasteiger partial charge is 0.227 e. The minimum Gasteiger partial charge on any atom is -0.436 e. The number of aromatic nitrogens is 2. The summed E-state index contributed by atoms with van der Waals surface area (Å²) in [5.41, 5.74) is 4.24. The van der Waals surface area contributed by atoms with Crippen molar-refractivity contribution in [2.75, 3.05) is 0 Å². The topological polar surface area (TPSA) is 68.0 Å². The van der Waals surface area contributed by atoms with Gasteiger partial charge >= 0.3 is 0 Å². The Hall–Kier alpha value is -3.18. The molecule has 2 aromatic carbocycles. The van der Waals surface area contributed by atoms with Gasteiger partial charge in [-0.3, -0.25) is 9.78 Å². The maximum Gasteiger partial charge on any atom is 0.227 e. The van der Waals surface area contributed by atoms with E-state index in [2.05, 4.69) is 15.3 Å². The second-order valence-corrected chi connectivity index (χ2v) is 6.58. The Labute approximate surface area is 161 Å². The van der Waals surface area contributed by atoms with Crippen LogP contribution < -0.4 is 5.32 Å². The monoisotopic (exact) mass is 377 g/mol. The zero-order valence-electron chi connectivity index (χ0n) is 14.4. The highest BCUT2D eigenvalue weighted by molar-refractivity contribution is 6.30. The highest BCUT2D eigenvalue weighted by Crippen LogP contribution is 2.23. The van der Waals surface area contributed by atoms with Crippen molar-refractivity contribution in [3.63, 3.8) is 0 Å². The van der Waals surface area contributed by atoms with Gasteiger partial charge in [-0.25, -0.2) is 4.98 Å². The Morgan fingerprint density at radius 3 is 2.48 bits per heavy atom. The van der Waals surface area contributed by atoms with E-state index in [4.69, 9.17) is 16.0 Å². The summed E-state index contributed by atoms with van der Waals surface area (Å²) in [6, 6.07) is 16.8. The van der Waals surface area contributed by atoms with Crippen LogP contribution in [0.3, 0.4) is 0 Å². The second-order valence-electron chi connectivity index (χ2n) is 6.14. The van der Waals surface area contributed by atoms with Crippen molar-refractivity contribution in [1.29, 1.82) is 0 Å².